The lowest BCUT2D eigenvalue weighted by Gasteiger charge is -2.10. The van der Waals surface area contributed by atoms with Crippen molar-refractivity contribution in [3.8, 4) is 11.5 Å². The maximum absolute atomic E-state index is 11.9. The van der Waals surface area contributed by atoms with Crippen LogP contribution in [-0.2, 0) is 20.7 Å². The fraction of sp³-hybridized carbons (Fsp3) is 0.222. The van der Waals surface area contributed by atoms with Crippen molar-refractivity contribution in [2.75, 3.05) is 26.1 Å². The summed E-state index contributed by atoms with van der Waals surface area (Å²) < 4.78 is 15.2. The number of esters is 1. The van der Waals surface area contributed by atoms with Gasteiger partial charge in [-0.2, -0.15) is 0 Å². The first-order chi connectivity index (χ1) is 12.0. The van der Waals surface area contributed by atoms with Crippen molar-refractivity contribution in [1.29, 1.82) is 0 Å². The lowest BCUT2D eigenvalue weighted by Crippen LogP contribution is -2.21. The number of amides is 1. The van der Waals surface area contributed by atoms with Gasteiger partial charge in [0, 0.05) is 16.3 Å². The fourth-order valence-corrected chi connectivity index (χ4v) is 2.30. The molecule has 132 valence electrons. The van der Waals surface area contributed by atoms with Gasteiger partial charge in [0.15, 0.2) is 6.61 Å². The SMILES string of the molecule is COc1ccc(NC(=O)COC(=O)Cc2cc(Cl)ccc2OC)cc1. The quantitative estimate of drug-likeness (QED) is 0.765. The van der Waals surface area contributed by atoms with Gasteiger partial charge in [-0.1, -0.05) is 11.6 Å². The summed E-state index contributed by atoms with van der Waals surface area (Å²) >= 11 is 5.92. The van der Waals surface area contributed by atoms with Crippen molar-refractivity contribution in [2.45, 2.75) is 6.42 Å². The Kier molecular flexibility index (Phi) is 6.65. The fourth-order valence-electron chi connectivity index (χ4n) is 2.11. The Hall–Kier alpha value is -2.73. The van der Waals surface area contributed by atoms with Crippen molar-refractivity contribution < 1.29 is 23.8 Å². The van der Waals surface area contributed by atoms with Crippen LogP contribution in [-0.4, -0.2) is 32.7 Å². The van der Waals surface area contributed by atoms with Crippen LogP contribution < -0.4 is 14.8 Å². The van der Waals surface area contributed by atoms with Gasteiger partial charge in [-0.25, -0.2) is 0 Å². The van der Waals surface area contributed by atoms with Gasteiger partial charge in [0.25, 0.3) is 5.91 Å². The molecule has 0 atom stereocenters. The zero-order valence-corrected chi connectivity index (χ0v) is 14.6. The van der Waals surface area contributed by atoms with Crippen LogP contribution in [0, 0.1) is 0 Å². The van der Waals surface area contributed by atoms with Crippen LogP contribution in [0.25, 0.3) is 0 Å². The minimum Gasteiger partial charge on any atom is -0.497 e. The zero-order valence-electron chi connectivity index (χ0n) is 13.9. The van der Waals surface area contributed by atoms with E-state index in [1.807, 2.05) is 0 Å². The van der Waals surface area contributed by atoms with E-state index >= 15 is 0 Å². The van der Waals surface area contributed by atoms with E-state index in [9.17, 15) is 9.59 Å². The second kappa shape index (κ2) is 8.94. The number of hydrogen-bond donors (Lipinski definition) is 1. The zero-order chi connectivity index (χ0) is 18.2. The van der Waals surface area contributed by atoms with E-state index in [1.54, 1.807) is 49.6 Å². The summed E-state index contributed by atoms with van der Waals surface area (Å²) in [6, 6.07) is 11.8. The molecule has 0 saturated heterocycles. The van der Waals surface area contributed by atoms with E-state index in [-0.39, 0.29) is 13.0 Å². The summed E-state index contributed by atoms with van der Waals surface area (Å²) in [5, 5.41) is 3.11. The van der Waals surface area contributed by atoms with E-state index < -0.39 is 11.9 Å². The van der Waals surface area contributed by atoms with Gasteiger partial charge < -0.3 is 19.5 Å². The molecule has 1 N–H and O–H groups in total. The average molecular weight is 364 g/mol. The molecule has 0 heterocycles. The number of nitrogens with one attached hydrogen (secondary N) is 1. The maximum atomic E-state index is 11.9. The van der Waals surface area contributed by atoms with Crippen LogP contribution in [0.15, 0.2) is 42.5 Å². The third-order valence-electron chi connectivity index (χ3n) is 3.32. The number of benzene rings is 2. The Morgan fingerprint density at radius 3 is 2.40 bits per heavy atom. The number of hydrogen-bond acceptors (Lipinski definition) is 5. The highest BCUT2D eigenvalue weighted by molar-refractivity contribution is 6.30. The Morgan fingerprint density at radius 2 is 1.76 bits per heavy atom. The Bertz CT molecular complexity index is 746. The Balaban J connectivity index is 1.84. The van der Waals surface area contributed by atoms with Gasteiger partial charge in [-0.05, 0) is 42.5 Å². The highest BCUT2D eigenvalue weighted by atomic mass is 35.5. The molecule has 0 bridgehead atoms. The third kappa shape index (κ3) is 5.69. The first-order valence-corrected chi connectivity index (χ1v) is 7.81. The summed E-state index contributed by atoms with van der Waals surface area (Å²) in [7, 11) is 3.06. The molecule has 1 amide bonds. The van der Waals surface area contributed by atoms with Gasteiger partial charge in [-0.15, -0.1) is 0 Å². The molecule has 6 nitrogen and oxygen atoms in total. The molecule has 0 aromatic heterocycles. The second-order valence-electron chi connectivity index (χ2n) is 5.07. The highest BCUT2D eigenvalue weighted by Crippen LogP contribution is 2.23. The van der Waals surface area contributed by atoms with Crippen LogP contribution in [0.5, 0.6) is 11.5 Å². The summed E-state index contributed by atoms with van der Waals surface area (Å²) in [5.41, 5.74) is 1.17. The van der Waals surface area contributed by atoms with Crippen LogP contribution >= 0.6 is 11.6 Å². The van der Waals surface area contributed by atoms with Gasteiger partial charge in [0.2, 0.25) is 0 Å². The van der Waals surface area contributed by atoms with E-state index in [0.29, 0.717) is 27.8 Å². The van der Waals surface area contributed by atoms with Gasteiger partial charge in [-0.3, -0.25) is 9.59 Å². The topological polar surface area (TPSA) is 73.9 Å². The van der Waals surface area contributed by atoms with E-state index in [0.717, 1.165) is 0 Å². The summed E-state index contributed by atoms with van der Waals surface area (Å²) in [6.07, 6.45) is -0.0421. The van der Waals surface area contributed by atoms with Gasteiger partial charge in [0.1, 0.15) is 11.5 Å². The summed E-state index contributed by atoms with van der Waals surface area (Å²) in [4.78, 5) is 23.8. The number of rotatable bonds is 7. The number of methoxy groups -OCH3 is 2. The maximum Gasteiger partial charge on any atom is 0.310 e. The van der Waals surface area contributed by atoms with E-state index in [1.165, 1.54) is 7.11 Å². The molecule has 0 unspecified atom stereocenters. The lowest BCUT2D eigenvalue weighted by atomic mass is 10.1. The molecule has 25 heavy (non-hydrogen) atoms. The standard InChI is InChI=1S/C18H18ClNO5/c1-23-15-6-4-14(5-7-15)20-17(21)11-25-18(22)10-12-9-13(19)3-8-16(12)24-2/h3-9H,10-11H2,1-2H3,(H,20,21). The molecule has 2 aromatic carbocycles. The lowest BCUT2D eigenvalue weighted by molar-refractivity contribution is -0.146. The molecule has 0 radical (unpaired) electrons. The molecule has 0 saturated carbocycles. The molecule has 7 heteroatoms. The smallest absolute Gasteiger partial charge is 0.310 e. The highest BCUT2D eigenvalue weighted by Gasteiger charge is 2.12. The first kappa shape index (κ1) is 18.6. The monoisotopic (exact) mass is 363 g/mol. The molecule has 2 aromatic rings. The normalized spacial score (nSPS) is 10.0. The third-order valence-corrected chi connectivity index (χ3v) is 3.55. The second-order valence-corrected chi connectivity index (χ2v) is 5.51. The molecular formula is C18H18ClNO5. The molecule has 0 fully saturated rings. The van der Waals surface area contributed by atoms with Crippen molar-refractivity contribution in [1.82, 2.24) is 0 Å². The number of carbonyl (C=O) groups is 2. The van der Waals surface area contributed by atoms with Crippen molar-refractivity contribution in [3.63, 3.8) is 0 Å². The average Bonchev–Trinajstić information content (AvgIpc) is 2.61. The molecule has 0 spiro atoms. The van der Waals surface area contributed by atoms with Crippen LogP contribution in [0.3, 0.4) is 0 Å². The predicted molar refractivity (Wildman–Crippen MR) is 94.3 cm³/mol. The number of anilines is 1. The molecule has 2 rings (SSSR count). The van der Waals surface area contributed by atoms with Crippen LogP contribution in [0.1, 0.15) is 5.56 Å². The first-order valence-electron chi connectivity index (χ1n) is 7.43. The van der Waals surface area contributed by atoms with E-state index in [4.69, 9.17) is 25.8 Å². The molecule has 0 aliphatic rings. The summed E-state index contributed by atoms with van der Waals surface area (Å²) in [6.45, 7) is -0.381. The van der Waals surface area contributed by atoms with Gasteiger partial charge >= 0.3 is 5.97 Å². The van der Waals surface area contributed by atoms with Crippen molar-refractivity contribution in [3.05, 3.63) is 53.1 Å². The largest absolute Gasteiger partial charge is 0.497 e. The van der Waals surface area contributed by atoms with Gasteiger partial charge in [0.05, 0.1) is 20.6 Å². The Labute approximate surface area is 150 Å². The number of halogens is 1. The van der Waals surface area contributed by atoms with Crippen molar-refractivity contribution in [2.24, 2.45) is 0 Å². The Morgan fingerprint density at radius 1 is 1.04 bits per heavy atom. The van der Waals surface area contributed by atoms with Crippen LogP contribution in [0.4, 0.5) is 5.69 Å². The molecular weight excluding hydrogens is 346 g/mol. The summed E-state index contributed by atoms with van der Waals surface area (Å²) in [5.74, 6) is 0.228. The molecule has 0 aliphatic heterocycles. The minimum atomic E-state index is -0.551. The van der Waals surface area contributed by atoms with Crippen LogP contribution in [0.2, 0.25) is 5.02 Å². The molecule has 0 aliphatic carbocycles. The minimum absolute atomic E-state index is 0.0421. The van der Waals surface area contributed by atoms with Crippen molar-refractivity contribution >= 4 is 29.2 Å². The number of carbonyl (C=O) groups excluding carboxylic acids is 2. The predicted octanol–water partition coefficient (Wildman–Crippen LogP) is 3.08. The van der Waals surface area contributed by atoms with E-state index in [2.05, 4.69) is 5.32 Å². The number of ether oxygens (including phenoxy) is 3.